The number of fused-ring (bicyclic) bond motifs is 1. The molecule has 7 heteroatoms. The number of benzene rings is 3. The van der Waals surface area contributed by atoms with Crippen LogP contribution in [-0.4, -0.2) is 20.7 Å². The molecule has 7 nitrogen and oxygen atoms in total. The normalized spacial score (nSPS) is 15.0. The molecule has 164 valence electrons. The predicted octanol–water partition coefficient (Wildman–Crippen LogP) is 4.30. The van der Waals surface area contributed by atoms with Crippen molar-refractivity contribution in [3.05, 3.63) is 107 Å². The number of nitrogens with zero attached hydrogens (tertiary/aromatic N) is 3. The fourth-order valence-corrected chi connectivity index (χ4v) is 3.98. The van der Waals surface area contributed by atoms with Crippen molar-refractivity contribution >= 4 is 11.9 Å². The zero-order valence-electron chi connectivity index (χ0n) is 18.1. The number of primary amides is 1. The largest absolute Gasteiger partial charge is 0.489 e. The summed E-state index contributed by atoms with van der Waals surface area (Å²) in [6.45, 7) is 2.30. The summed E-state index contributed by atoms with van der Waals surface area (Å²) in [6.07, 6.45) is 0. The van der Waals surface area contributed by atoms with Gasteiger partial charge >= 0.3 is 0 Å². The molecule has 33 heavy (non-hydrogen) atoms. The molecule has 1 aromatic heterocycles. The molecule has 3 N–H and O–H groups in total. The number of ether oxygens (including phenoxy) is 1. The second kappa shape index (κ2) is 8.63. The Balaban J connectivity index is 1.48. The maximum absolute atomic E-state index is 12.4. The Morgan fingerprint density at radius 3 is 2.33 bits per heavy atom. The van der Waals surface area contributed by atoms with Gasteiger partial charge in [0, 0.05) is 11.3 Å². The smallest absolute Gasteiger partial charge is 0.248 e. The number of carbonyl (C=O) groups is 1. The van der Waals surface area contributed by atoms with E-state index in [4.69, 9.17) is 15.6 Å². The molecule has 0 saturated heterocycles. The lowest BCUT2D eigenvalue weighted by atomic mass is 9.95. The molecule has 0 spiro atoms. The number of nitrogens with two attached hydrogens (primary N) is 1. The fraction of sp³-hybridized carbons (Fsp3) is 0.115. The van der Waals surface area contributed by atoms with Gasteiger partial charge in [-0.3, -0.25) is 4.79 Å². The van der Waals surface area contributed by atoms with E-state index in [-0.39, 0.29) is 0 Å². The van der Waals surface area contributed by atoms with E-state index >= 15 is 0 Å². The Labute approximate surface area is 191 Å². The van der Waals surface area contributed by atoms with E-state index in [0.717, 1.165) is 22.4 Å². The molecule has 1 amide bonds. The van der Waals surface area contributed by atoms with E-state index in [9.17, 15) is 4.79 Å². The van der Waals surface area contributed by atoms with E-state index in [1.165, 1.54) is 0 Å². The molecule has 1 aliphatic heterocycles. The minimum Gasteiger partial charge on any atom is -0.489 e. The minimum absolute atomic E-state index is 0.449. The zero-order valence-corrected chi connectivity index (χ0v) is 18.1. The lowest BCUT2D eigenvalue weighted by molar-refractivity contribution is -0.115. The lowest BCUT2D eigenvalue weighted by Crippen LogP contribution is -2.31. The van der Waals surface area contributed by atoms with Gasteiger partial charge in [-0.2, -0.15) is 4.98 Å². The Morgan fingerprint density at radius 2 is 1.67 bits per heavy atom. The highest BCUT2D eigenvalue weighted by Crippen LogP contribution is 2.36. The molecule has 1 atom stereocenters. The first-order chi connectivity index (χ1) is 16.1. The molecule has 3 aromatic carbocycles. The number of anilines is 1. The van der Waals surface area contributed by atoms with Crippen molar-refractivity contribution < 1.29 is 9.53 Å². The van der Waals surface area contributed by atoms with Gasteiger partial charge in [-0.25, -0.2) is 4.68 Å². The monoisotopic (exact) mass is 437 g/mol. The lowest BCUT2D eigenvalue weighted by Gasteiger charge is -2.27. The highest BCUT2D eigenvalue weighted by atomic mass is 16.5. The van der Waals surface area contributed by atoms with Crippen molar-refractivity contribution in [2.75, 3.05) is 5.32 Å². The molecule has 1 unspecified atom stereocenters. The number of hydrogen-bond donors (Lipinski definition) is 2. The zero-order chi connectivity index (χ0) is 22.8. The van der Waals surface area contributed by atoms with E-state index < -0.39 is 11.9 Å². The van der Waals surface area contributed by atoms with Crippen LogP contribution in [0.1, 0.15) is 24.1 Å². The second-order valence-corrected chi connectivity index (χ2v) is 7.84. The standard InChI is InChI=1S/C26H23N5O2/c1-17-22(24(27)32)23(31-26(28-17)29-25(30-31)20-10-6-3-7-11-20)19-12-14-21(15-13-19)33-16-18-8-4-2-5-9-18/h2-15,23H,16H2,1H3,(H2,27,32)(H,28,29,30). The van der Waals surface area contributed by atoms with Gasteiger partial charge in [0.15, 0.2) is 5.82 Å². The summed E-state index contributed by atoms with van der Waals surface area (Å²) >= 11 is 0. The number of aromatic nitrogens is 3. The minimum atomic E-state index is -0.503. The molecule has 0 saturated carbocycles. The van der Waals surface area contributed by atoms with Crippen molar-refractivity contribution in [2.45, 2.75) is 19.6 Å². The summed E-state index contributed by atoms with van der Waals surface area (Å²) < 4.78 is 7.63. The first-order valence-corrected chi connectivity index (χ1v) is 10.7. The highest BCUT2D eigenvalue weighted by molar-refractivity contribution is 5.95. The van der Waals surface area contributed by atoms with Crippen LogP contribution in [0, 0.1) is 0 Å². The van der Waals surface area contributed by atoms with Crippen LogP contribution in [0.5, 0.6) is 5.75 Å². The van der Waals surface area contributed by atoms with Gasteiger partial charge in [0.2, 0.25) is 11.9 Å². The van der Waals surface area contributed by atoms with Gasteiger partial charge < -0.3 is 15.8 Å². The molecule has 0 fully saturated rings. The summed E-state index contributed by atoms with van der Waals surface area (Å²) in [7, 11) is 0. The van der Waals surface area contributed by atoms with Gasteiger partial charge in [0.25, 0.3) is 0 Å². The third kappa shape index (κ3) is 4.08. The van der Waals surface area contributed by atoms with Gasteiger partial charge in [0.05, 0.1) is 5.57 Å². The fourth-order valence-electron chi connectivity index (χ4n) is 3.98. The van der Waals surface area contributed by atoms with Crippen LogP contribution < -0.4 is 15.8 Å². The van der Waals surface area contributed by atoms with Crippen LogP contribution in [0.2, 0.25) is 0 Å². The Bertz CT molecular complexity index is 1310. The summed E-state index contributed by atoms with van der Waals surface area (Å²) in [4.78, 5) is 17.1. The number of amides is 1. The van der Waals surface area contributed by atoms with Crippen LogP contribution in [0.3, 0.4) is 0 Å². The molecule has 0 radical (unpaired) electrons. The third-order valence-corrected chi connectivity index (χ3v) is 5.59. The van der Waals surface area contributed by atoms with Gasteiger partial charge in [-0.05, 0) is 30.2 Å². The number of hydrogen-bond acceptors (Lipinski definition) is 5. The van der Waals surface area contributed by atoms with E-state index in [1.54, 1.807) is 4.68 Å². The number of rotatable bonds is 6. The Kier molecular flexibility index (Phi) is 5.36. The van der Waals surface area contributed by atoms with Gasteiger partial charge in [-0.15, -0.1) is 5.10 Å². The first-order valence-electron chi connectivity index (χ1n) is 10.7. The topological polar surface area (TPSA) is 95.1 Å². The van der Waals surface area contributed by atoms with E-state index in [0.29, 0.717) is 29.6 Å². The number of nitrogens with one attached hydrogen (secondary N) is 1. The molecular formula is C26H23N5O2. The average Bonchev–Trinajstić information content (AvgIpc) is 3.27. The summed E-state index contributed by atoms with van der Waals surface area (Å²) in [5.41, 5.74) is 9.74. The summed E-state index contributed by atoms with van der Waals surface area (Å²) in [5, 5.41) is 7.89. The van der Waals surface area contributed by atoms with Crippen molar-refractivity contribution in [2.24, 2.45) is 5.73 Å². The SMILES string of the molecule is CC1=C(C(N)=O)C(c2ccc(OCc3ccccc3)cc2)n2nc(-c3ccccc3)nc2N1. The first kappa shape index (κ1) is 20.5. The second-order valence-electron chi connectivity index (χ2n) is 7.84. The molecule has 0 bridgehead atoms. The predicted molar refractivity (Wildman–Crippen MR) is 126 cm³/mol. The molecule has 2 heterocycles. The van der Waals surface area contributed by atoms with Crippen LogP contribution in [-0.2, 0) is 11.4 Å². The number of carbonyl (C=O) groups excluding carboxylic acids is 1. The molecule has 4 aromatic rings. The van der Waals surface area contributed by atoms with Crippen molar-refractivity contribution in [3.8, 4) is 17.1 Å². The van der Waals surface area contributed by atoms with Crippen LogP contribution >= 0.6 is 0 Å². The van der Waals surface area contributed by atoms with Crippen molar-refractivity contribution in [1.82, 2.24) is 14.8 Å². The quantitative estimate of drug-likeness (QED) is 0.469. The highest BCUT2D eigenvalue weighted by Gasteiger charge is 2.33. The van der Waals surface area contributed by atoms with Crippen LogP contribution in [0.25, 0.3) is 11.4 Å². The average molecular weight is 438 g/mol. The molecule has 0 aliphatic carbocycles. The van der Waals surface area contributed by atoms with Crippen molar-refractivity contribution in [1.29, 1.82) is 0 Å². The molecular weight excluding hydrogens is 414 g/mol. The van der Waals surface area contributed by atoms with Gasteiger partial charge in [0.1, 0.15) is 18.4 Å². The summed E-state index contributed by atoms with van der Waals surface area (Å²) in [5.74, 6) is 1.37. The van der Waals surface area contributed by atoms with Crippen LogP contribution in [0.15, 0.2) is 96.2 Å². The Morgan fingerprint density at radius 1 is 1.00 bits per heavy atom. The molecule has 1 aliphatic rings. The Hall–Kier alpha value is -4.39. The number of allylic oxidation sites excluding steroid dienone is 1. The summed E-state index contributed by atoms with van der Waals surface area (Å²) in [6, 6.07) is 26.9. The van der Waals surface area contributed by atoms with E-state index in [2.05, 4.69) is 10.3 Å². The maximum Gasteiger partial charge on any atom is 0.248 e. The third-order valence-electron chi connectivity index (χ3n) is 5.59. The van der Waals surface area contributed by atoms with Gasteiger partial charge in [-0.1, -0.05) is 72.8 Å². The molecule has 5 rings (SSSR count). The maximum atomic E-state index is 12.4. The van der Waals surface area contributed by atoms with E-state index in [1.807, 2.05) is 91.9 Å². The van der Waals surface area contributed by atoms with Crippen LogP contribution in [0.4, 0.5) is 5.95 Å². The van der Waals surface area contributed by atoms with Crippen molar-refractivity contribution in [3.63, 3.8) is 0 Å².